The van der Waals surface area contributed by atoms with Crippen molar-refractivity contribution in [2.24, 2.45) is 5.41 Å². The minimum absolute atomic E-state index is 0.188. The molecule has 1 aromatic rings. The van der Waals surface area contributed by atoms with E-state index in [0.29, 0.717) is 6.04 Å². The fraction of sp³-hybridized carbons (Fsp3) is 0.765. The van der Waals surface area contributed by atoms with E-state index in [2.05, 4.69) is 76.2 Å². The van der Waals surface area contributed by atoms with Gasteiger partial charge in [-0.3, -0.25) is 4.90 Å². The van der Waals surface area contributed by atoms with Crippen LogP contribution in [0.25, 0.3) is 0 Å². The second kappa shape index (κ2) is 7.06. The van der Waals surface area contributed by atoms with Crippen molar-refractivity contribution in [3.8, 4) is 0 Å². The number of hydrogen-bond donors (Lipinski definition) is 1. The van der Waals surface area contributed by atoms with E-state index in [0.717, 1.165) is 19.6 Å². The Kier molecular flexibility index (Phi) is 6.24. The molecule has 0 radical (unpaired) electrons. The standard InChI is InChI=1S/C17H32N2S/c1-14(2)19(11-15-9-8-10-20-15)13-17(6,7)12-18-16(3,4)5/h8-10,14,18H,11-13H2,1-7H3. The summed E-state index contributed by atoms with van der Waals surface area (Å²) in [5.41, 5.74) is 0.461. The Labute approximate surface area is 129 Å². The Morgan fingerprint density at radius 3 is 2.30 bits per heavy atom. The lowest BCUT2D eigenvalue weighted by molar-refractivity contribution is 0.130. The zero-order chi connectivity index (χ0) is 15.4. The molecule has 0 aliphatic carbocycles. The third-order valence-corrected chi connectivity index (χ3v) is 4.26. The fourth-order valence-corrected chi connectivity index (χ4v) is 2.86. The van der Waals surface area contributed by atoms with E-state index < -0.39 is 0 Å². The molecule has 0 amide bonds. The van der Waals surface area contributed by atoms with Gasteiger partial charge in [-0.2, -0.15) is 0 Å². The second-order valence-corrected chi connectivity index (χ2v) is 8.88. The van der Waals surface area contributed by atoms with Crippen molar-refractivity contribution in [3.63, 3.8) is 0 Å². The first-order valence-corrected chi connectivity index (χ1v) is 8.48. The highest BCUT2D eigenvalue weighted by atomic mass is 32.1. The van der Waals surface area contributed by atoms with Crippen LogP contribution in [0, 0.1) is 5.41 Å². The second-order valence-electron chi connectivity index (χ2n) is 7.85. The minimum atomic E-state index is 0.188. The normalized spacial score (nSPS) is 13.4. The van der Waals surface area contributed by atoms with Crippen molar-refractivity contribution in [1.29, 1.82) is 0 Å². The minimum Gasteiger partial charge on any atom is -0.311 e. The summed E-state index contributed by atoms with van der Waals surface area (Å²) in [5, 5.41) is 5.81. The summed E-state index contributed by atoms with van der Waals surface area (Å²) in [4.78, 5) is 4.04. The largest absolute Gasteiger partial charge is 0.311 e. The Balaban J connectivity index is 2.59. The molecule has 0 aliphatic heterocycles. The van der Waals surface area contributed by atoms with Gasteiger partial charge in [0, 0.05) is 36.1 Å². The molecule has 1 rings (SSSR count). The van der Waals surface area contributed by atoms with E-state index in [1.54, 1.807) is 0 Å². The Hall–Kier alpha value is -0.380. The molecule has 0 spiro atoms. The van der Waals surface area contributed by atoms with Gasteiger partial charge in [-0.1, -0.05) is 19.9 Å². The molecule has 1 heterocycles. The smallest absolute Gasteiger partial charge is 0.0330 e. The van der Waals surface area contributed by atoms with Gasteiger partial charge in [0.2, 0.25) is 0 Å². The lowest BCUT2D eigenvalue weighted by atomic mass is 9.90. The first-order chi connectivity index (χ1) is 9.09. The Morgan fingerprint density at radius 2 is 1.85 bits per heavy atom. The summed E-state index contributed by atoms with van der Waals surface area (Å²) >= 11 is 1.85. The maximum atomic E-state index is 3.64. The van der Waals surface area contributed by atoms with E-state index in [-0.39, 0.29) is 11.0 Å². The molecule has 0 atom stereocenters. The van der Waals surface area contributed by atoms with Crippen LogP contribution in [0.2, 0.25) is 0 Å². The molecule has 0 aliphatic rings. The number of nitrogens with zero attached hydrogens (tertiary/aromatic N) is 1. The lowest BCUT2D eigenvalue weighted by Crippen LogP contribution is -2.47. The predicted octanol–water partition coefficient (Wildman–Crippen LogP) is 4.37. The van der Waals surface area contributed by atoms with Crippen LogP contribution in [0.1, 0.15) is 53.3 Å². The summed E-state index contributed by atoms with van der Waals surface area (Å²) in [6.45, 7) is 19.2. The monoisotopic (exact) mass is 296 g/mol. The van der Waals surface area contributed by atoms with Gasteiger partial charge in [0.1, 0.15) is 0 Å². The van der Waals surface area contributed by atoms with Gasteiger partial charge >= 0.3 is 0 Å². The molecule has 0 bridgehead atoms. The van der Waals surface area contributed by atoms with Crippen molar-refractivity contribution in [2.75, 3.05) is 13.1 Å². The highest BCUT2D eigenvalue weighted by Crippen LogP contribution is 2.22. The van der Waals surface area contributed by atoms with Crippen LogP contribution in [-0.2, 0) is 6.54 Å². The van der Waals surface area contributed by atoms with Crippen LogP contribution in [0.3, 0.4) is 0 Å². The molecule has 0 fully saturated rings. The summed E-state index contributed by atoms with van der Waals surface area (Å²) in [5.74, 6) is 0. The fourth-order valence-electron chi connectivity index (χ4n) is 2.13. The van der Waals surface area contributed by atoms with Crippen LogP contribution in [0.15, 0.2) is 17.5 Å². The molecule has 1 aromatic heterocycles. The van der Waals surface area contributed by atoms with E-state index in [9.17, 15) is 0 Å². The van der Waals surface area contributed by atoms with Gasteiger partial charge in [0.05, 0.1) is 0 Å². The van der Waals surface area contributed by atoms with Crippen molar-refractivity contribution >= 4 is 11.3 Å². The maximum absolute atomic E-state index is 3.64. The van der Waals surface area contributed by atoms with Gasteiger partial charge in [-0.05, 0) is 51.5 Å². The SMILES string of the molecule is CC(C)N(Cc1cccs1)CC(C)(C)CNC(C)(C)C. The first-order valence-electron chi connectivity index (χ1n) is 7.60. The van der Waals surface area contributed by atoms with Crippen LogP contribution < -0.4 is 5.32 Å². The Morgan fingerprint density at radius 1 is 1.20 bits per heavy atom. The van der Waals surface area contributed by atoms with Crippen LogP contribution in [0.4, 0.5) is 0 Å². The molecular formula is C17H32N2S. The molecule has 0 saturated carbocycles. The van der Waals surface area contributed by atoms with Gasteiger partial charge < -0.3 is 5.32 Å². The zero-order valence-corrected chi connectivity index (χ0v) is 15.1. The van der Waals surface area contributed by atoms with E-state index >= 15 is 0 Å². The van der Waals surface area contributed by atoms with Gasteiger partial charge in [0.25, 0.3) is 0 Å². The summed E-state index contributed by atoms with van der Waals surface area (Å²) in [7, 11) is 0. The average molecular weight is 297 g/mol. The van der Waals surface area contributed by atoms with Crippen LogP contribution >= 0.6 is 11.3 Å². The molecule has 3 heteroatoms. The van der Waals surface area contributed by atoms with Crippen molar-refractivity contribution < 1.29 is 0 Å². The van der Waals surface area contributed by atoms with Gasteiger partial charge in [0.15, 0.2) is 0 Å². The summed E-state index contributed by atoms with van der Waals surface area (Å²) < 4.78 is 0. The first kappa shape index (κ1) is 17.7. The molecule has 2 nitrogen and oxygen atoms in total. The molecule has 116 valence electrons. The molecule has 0 aromatic carbocycles. The van der Waals surface area contributed by atoms with Crippen molar-refractivity contribution in [2.45, 2.75) is 66.6 Å². The highest BCUT2D eigenvalue weighted by molar-refractivity contribution is 7.09. The molecule has 20 heavy (non-hydrogen) atoms. The lowest BCUT2D eigenvalue weighted by Gasteiger charge is -2.37. The number of nitrogens with one attached hydrogen (secondary N) is 1. The topological polar surface area (TPSA) is 15.3 Å². The maximum Gasteiger partial charge on any atom is 0.0330 e. The number of thiophene rings is 1. The van der Waals surface area contributed by atoms with Crippen LogP contribution in [-0.4, -0.2) is 29.6 Å². The third kappa shape index (κ3) is 6.87. The zero-order valence-electron chi connectivity index (χ0n) is 14.3. The third-order valence-electron chi connectivity index (χ3n) is 3.40. The molecule has 1 N–H and O–H groups in total. The quantitative estimate of drug-likeness (QED) is 0.803. The molecular weight excluding hydrogens is 264 g/mol. The molecule has 0 saturated heterocycles. The van der Waals surface area contributed by atoms with Crippen molar-refractivity contribution in [1.82, 2.24) is 10.2 Å². The highest BCUT2D eigenvalue weighted by Gasteiger charge is 2.25. The summed E-state index contributed by atoms with van der Waals surface area (Å²) in [6, 6.07) is 4.96. The van der Waals surface area contributed by atoms with E-state index in [1.807, 2.05) is 11.3 Å². The molecule has 0 unspecified atom stereocenters. The average Bonchev–Trinajstić information content (AvgIpc) is 2.77. The predicted molar refractivity (Wildman–Crippen MR) is 91.4 cm³/mol. The van der Waals surface area contributed by atoms with Crippen molar-refractivity contribution in [3.05, 3.63) is 22.4 Å². The van der Waals surface area contributed by atoms with E-state index in [1.165, 1.54) is 4.88 Å². The number of hydrogen-bond acceptors (Lipinski definition) is 3. The number of rotatable bonds is 7. The Bertz CT molecular complexity index is 374. The van der Waals surface area contributed by atoms with Gasteiger partial charge in [-0.25, -0.2) is 0 Å². The van der Waals surface area contributed by atoms with Crippen LogP contribution in [0.5, 0.6) is 0 Å². The van der Waals surface area contributed by atoms with Gasteiger partial charge in [-0.15, -0.1) is 11.3 Å². The summed E-state index contributed by atoms with van der Waals surface area (Å²) in [6.07, 6.45) is 0. The van der Waals surface area contributed by atoms with E-state index in [4.69, 9.17) is 0 Å².